The van der Waals surface area contributed by atoms with Gasteiger partial charge in [0.15, 0.2) is 5.17 Å². The molecule has 0 bridgehead atoms. The first kappa shape index (κ1) is 13.7. The Morgan fingerprint density at radius 2 is 2.06 bits per heavy atom. The molecule has 1 aliphatic heterocycles. The molecule has 0 aliphatic carbocycles. The van der Waals surface area contributed by atoms with Crippen molar-refractivity contribution in [3.8, 4) is 0 Å². The minimum absolute atomic E-state index is 0. The number of halogens is 2. The van der Waals surface area contributed by atoms with Crippen LogP contribution in [0, 0.1) is 5.41 Å². The molecular formula is C11H13Cl2N2S-. The zero-order chi connectivity index (χ0) is 10.7. The molecule has 0 aromatic heterocycles. The summed E-state index contributed by atoms with van der Waals surface area (Å²) in [5.74, 6) is 1.01. The Morgan fingerprint density at radius 3 is 2.62 bits per heavy atom. The van der Waals surface area contributed by atoms with Crippen LogP contribution < -0.4 is 12.4 Å². The maximum atomic E-state index is 7.69. The Kier molecular flexibility index (Phi) is 5.46. The molecule has 0 amide bonds. The SMILES string of the molecule is N=C1SCCN1CC(Cl)c1ccccc1.[Cl-]. The standard InChI is InChI=1S/C11H13ClN2S.ClH/c12-10(9-4-2-1-3-5-9)8-14-6-7-15-11(14)13;/h1-5,10,13H,6-8H2;1H/p-1. The second kappa shape index (κ2) is 6.38. The molecule has 1 aromatic carbocycles. The van der Waals surface area contributed by atoms with Crippen molar-refractivity contribution in [2.24, 2.45) is 0 Å². The number of amidine groups is 1. The number of rotatable bonds is 3. The van der Waals surface area contributed by atoms with Gasteiger partial charge in [-0.25, -0.2) is 0 Å². The molecule has 1 heterocycles. The lowest BCUT2D eigenvalue weighted by molar-refractivity contribution is -0.00000312. The summed E-state index contributed by atoms with van der Waals surface area (Å²) in [5, 5.41) is 8.32. The molecule has 0 radical (unpaired) electrons. The Morgan fingerprint density at radius 1 is 1.38 bits per heavy atom. The molecule has 1 saturated heterocycles. The molecule has 88 valence electrons. The number of alkyl halides is 1. The van der Waals surface area contributed by atoms with Crippen LogP contribution in [-0.4, -0.2) is 28.9 Å². The van der Waals surface area contributed by atoms with Crippen LogP contribution in [0.3, 0.4) is 0 Å². The molecule has 1 atom stereocenters. The zero-order valence-corrected chi connectivity index (χ0v) is 11.0. The summed E-state index contributed by atoms with van der Waals surface area (Å²) in [6, 6.07) is 10.0. The quantitative estimate of drug-likeness (QED) is 0.784. The largest absolute Gasteiger partial charge is 1.00 e. The molecule has 5 heteroatoms. The van der Waals surface area contributed by atoms with E-state index in [9.17, 15) is 0 Å². The fourth-order valence-corrected chi connectivity index (χ4v) is 2.75. The molecule has 16 heavy (non-hydrogen) atoms. The highest BCUT2D eigenvalue weighted by Crippen LogP contribution is 2.25. The zero-order valence-electron chi connectivity index (χ0n) is 8.70. The highest BCUT2D eigenvalue weighted by Gasteiger charge is 2.20. The molecule has 2 nitrogen and oxygen atoms in total. The molecule has 1 aliphatic rings. The van der Waals surface area contributed by atoms with Gasteiger partial charge in [-0.05, 0) is 5.56 Å². The number of thioether (sulfide) groups is 1. The predicted octanol–water partition coefficient (Wildman–Crippen LogP) is -0.0459. The first-order valence-corrected chi connectivity index (χ1v) is 6.35. The van der Waals surface area contributed by atoms with Gasteiger partial charge in [0.25, 0.3) is 0 Å². The monoisotopic (exact) mass is 275 g/mol. The first-order valence-electron chi connectivity index (χ1n) is 4.92. The van der Waals surface area contributed by atoms with E-state index in [1.165, 1.54) is 0 Å². The van der Waals surface area contributed by atoms with Crippen molar-refractivity contribution >= 4 is 28.5 Å². The van der Waals surface area contributed by atoms with Gasteiger partial charge < -0.3 is 17.3 Å². The Labute approximate surface area is 111 Å². The maximum absolute atomic E-state index is 7.69. The highest BCUT2D eigenvalue weighted by molar-refractivity contribution is 8.14. The van der Waals surface area contributed by atoms with Crippen molar-refractivity contribution < 1.29 is 12.4 Å². The average molecular weight is 276 g/mol. The minimum atomic E-state index is -0.0229. The summed E-state index contributed by atoms with van der Waals surface area (Å²) >= 11 is 7.90. The minimum Gasteiger partial charge on any atom is -1.00 e. The summed E-state index contributed by atoms with van der Waals surface area (Å²) < 4.78 is 0. The van der Waals surface area contributed by atoms with E-state index in [0.29, 0.717) is 5.17 Å². The van der Waals surface area contributed by atoms with E-state index in [1.54, 1.807) is 11.8 Å². The molecule has 0 saturated carbocycles. The normalized spacial score (nSPS) is 17.1. The summed E-state index contributed by atoms with van der Waals surface area (Å²) in [6.45, 7) is 1.68. The Balaban J connectivity index is 0.00000128. The van der Waals surface area contributed by atoms with Crippen molar-refractivity contribution in [2.45, 2.75) is 5.38 Å². The van der Waals surface area contributed by atoms with Crippen molar-refractivity contribution in [2.75, 3.05) is 18.8 Å². The van der Waals surface area contributed by atoms with Crippen LogP contribution in [0.25, 0.3) is 0 Å². The van der Waals surface area contributed by atoms with Crippen LogP contribution in [0.1, 0.15) is 10.9 Å². The van der Waals surface area contributed by atoms with Crippen molar-refractivity contribution in [1.82, 2.24) is 4.90 Å². The molecule has 2 rings (SSSR count). The van der Waals surface area contributed by atoms with Gasteiger partial charge in [0, 0.05) is 18.8 Å². The van der Waals surface area contributed by atoms with E-state index in [0.717, 1.165) is 24.4 Å². The second-order valence-electron chi connectivity index (χ2n) is 3.48. The van der Waals surface area contributed by atoms with Crippen molar-refractivity contribution in [3.63, 3.8) is 0 Å². The highest BCUT2D eigenvalue weighted by atomic mass is 35.5. The molecule has 1 N–H and O–H groups in total. The summed E-state index contributed by atoms with van der Waals surface area (Å²) in [5.41, 5.74) is 1.13. The van der Waals surface area contributed by atoms with E-state index in [2.05, 4.69) is 0 Å². The number of nitrogens with zero attached hydrogens (tertiary/aromatic N) is 1. The van der Waals surface area contributed by atoms with Gasteiger partial charge in [0.1, 0.15) is 0 Å². The molecule has 1 aromatic rings. The average Bonchev–Trinajstić information content (AvgIpc) is 2.66. The van der Waals surface area contributed by atoms with Gasteiger partial charge in [0.2, 0.25) is 0 Å². The van der Waals surface area contributed by atoms with Crippen molar-refractivity contribution in [3.05, 3.63) is 35.9 Å². The van der Waals surface area contributed by atoms with Crippen LogP contribution in [0.4, 0.5) is 0 Å². The molecule has 0 spiro atoms. The Hall–Kier alpha value is -0.380. The third-order valence-electron chi connectivity index (χ3n) is 2.43. The number of benzene rings is 1. The van der Waals surface area contributed by atoms with Crippen LogP contribution in [-0.2, 0) is 0 Å². The van der Waals surface area contributed by atoms with Gasteiger partial charge in [0.05, 0.1) is 5.38 Å². The fraction of sp³-hybridized carbons (Fsp3) is 0.364. The van der Waals surface area contributed by atoms with Gasteiger partial charge in [-0.15, -0.1) is 11.6 Å². The van der Waals surface area contributed by atoms with Gasteiger partial charge >= 0.3 is 0 Å². The molecule has 1 fully saturated rings. The van der Waals surface area contributed by atoms with Crippen LogP contribution in [0.15, 0.2) is 30.3 Å². The molecule has 1 unspecified atom stereocenters. The van der Waals surface area contributed by atoms with E-state index in [-0.39, 0.29) is 17.8 Å². The first-order chi connectivity index (χ1) is 7.27. The lowest BCUT2D eigenvalue weighted by atomic mass is 10.1. The Bertz CT molecular complexity index is 345. The summed E-state index contributed by atoms with van der Waals surface area (Å²) in [6.07, 6.45) is 0. The fourth-order valence-electron chi connectivity index (χ4n) is 1.58. The van der Waals surface area contributed by atoms with Crippen molar-refractivity contribution in [1.29, 1.82) is 5.41 Å². The second-order valence-corrected chi connectivity index (χ2v) is 5.09. The molecular weight excluding hydrogens is 263 g/mol. The summed E-state index contributed by atoms with van der Waals surface area (Å²) in [7, 11) is 0. The van der Waals surface area contributed by atoms with Crippen LogP contribution >= 0.6 is 23.4 Å². The third kappa shape index (κ3) is 3.30. The van der Waals surface area contributed by atoms with E-state index < -0.39 is 0 Å². The van der Waals surface area contributed by atoms with Crippen LogP contribution in [0.5, 0.6) is 0 Å². The number of hydrogen-bond donors (Lipinski definition) is 1. The smallest absolute Gasteiger partial charge is 0.156 e. The number of nitrogens with one attached hydrogen (secondary N) is 1. The topological polar surface area (TPSA) is 27.1 Å². The van der Waals surface area contributed by atoms with Gasteiger partial charge in [-0.1, -0.05) is 42.1 Å². The van der Waals surface area contributed by atoms with E-state index >= 15 is 0 Å². The lowest BCUT2D eigenvalue weighted by Crippen LogP contribution is -3.00. The van der Waals surface area contributed by atoms with Gasteiger partial charge in [-0.2, -0.15) is 0 Å². The third-order valence-corrected chi connectivity index (χ3v) is 3.74. The number of hydrogen-bond acceptors (Lipinski definition) is 2. The van der Waals surface area contributed by atoms with Crippen LogP contribution in [0.2, 0.25) is 0 Å². The van der Waals surface area contributed by atoms with E-state index in [4.69, 9.17) is 17.0 Å². The van der Waals surface area contributed by atoms with Gasteiger partial charge in [-0.3, -0.25) is 5.41 Å². The maximum Gasteiger partial charge on any atom is 0.156 e. The summed E-state index contributed by atoms with van der Waals surface area (Å²) in [4.78, 5) is 2.04. The lowest BCUT2D eigenvalue weighted by Gasteiger charge is -2.20. The predicted molar refractivity (Wildman–Crippen MR) is 66.8 cm³/mol. The van der Waals surface area contributed by atoms with E-state index in [1.807, 2.05) is 35.2 Å².